The molecule has 84 valence electrons. The van der Waals surface area contributed by atoms with E-state index < -0.39 is 0 Å². The number of rotatable bonds is 4. The van der Waals surface area contributed by atoms with E-state index in [0.717, 1.165) is 0 Å². The van der Waals surface area contributed by atoms with E-state index in [2.05, 4.69) is 4.98 Å². The van der Waals surface area contributed by atoms with Gasteiger partial charge in [-0.3, -0.25) is 4.98 Å². The molecule has 0 aliphatic heterocycles. The summed E-state index contributed by atoms with van der Waals surface area (Å²) in [5.41, 5.74) is 6.08. The van der Waals surface area contributed by atoms with E-state index in [-0.39, 0.29) is 5.60 Å². The van der Waals surface area contributed by atoms with Crippen molar-refractivity contribution in [2.75, 3.05) is 18.9 Å². The van der Waals surface area contributed by atoms with Crippen molar-refractivity contribution < 1.29 is 9.47 Å². The van der Waals surface area contributed by atoms with Crippen LogP contribution in [0.3, 0.4) is 0 Å². The molecule has 1 heterocycles. The Hall–Kier alpha value is -1.29. The number of anilines is 1. The molecule has 0 spiro atoms. The van der Waals surface area contributed by atoms with Crippen molar-refractivity contribution in [2.45, 2.75) is 26.4 Å². The van der Waals surface area contributed by atoms with Crippen LogP contribution in [0.1, 0.15) is 20.8 Å². The first-order valence-corrected chi connectivity index (χ1v) is 4.95. The Morgan fingerprint density at radius 1 is 1.33 bits per heavy atom. The van der Waals surface area contributed by atoms with Crippen molar-refractivity contribution in [1.29, 1.82) is 0 Å². The van der Waals surface area contributed by atoms with Gasteiger partial charge in [0, 0.05) is 12.3 Å². The zero-order valence-electron chi connectivity index (χ0n) is 9.49. The lowest BCUT2D eigenvalue weighted by Crippen LogP contribution is -2.22. The fraction of sp³-hybridized carbons (Fsp3) is 0.545. The minimum Gasteiger partial charge on any atom is -0.489 e. The molecule has 1 aromatic heterocycles. The standard InChI is InChI=1S/C11H18N2O2/c1-11(2,3)15-7-6-14-10-4-5-13-8-9(10)12/h4-5,8H,6-7,12H2,1-3H3. The fourth-order valence-corrected chi connectivity index (χ4v) is 1.02. The van der Waals surface area contributed by atoms with Gasteiger partial charge in [-0.05, 0) is 20.8 Å². The Balaban J connectivity index is 2.30. The molecule has 1 aromatic rings. The third-order valence-corrected chi connectivity index (χ3v) is 1.69. The molecule has 2 N–H and O–H groups in total. The number of nitrogens with two attached hydrogens (primary N) is 1. The second kappa shape index (κ2) is 4.98. The van der Waals surface area contributed by atoms with Gasteiger partial charge in [-0.2, -0.15) is 0 Å². The Morgan fingerprint density at radius 3 is 2.67 bits per heavy atom. The number of ether oxygens (including phenoxy) is 2. The molecule has 0 atom stereocenters. The van der Waals surface area contributed by atoms with Crippen molar-refractivity contribution in [3.63, 3.8) is 0 Å². The molecule has 0 saturated heterocycles. The van der Waals surface area contributed by atoms with Gasteiger partial charge in [0.1, 0.15) is 12.4 Å². The van der Waals surface area contributed by atoms with Crippen molar-refractivity contribution in [3.8, 4) is 5.75 Å². The highest BCUT2D eigenvalue weighted by molar-refractivity contribution is 5.49. The Kier molecular flexibility index (Phi) is 3.91. The van der Waals surface area contributed by atoms with E-state index >= 15 is 0 Å². The summed E-state index contributed by atoms with van der Waals surface area (Å²) in [5, 5.41) is 0. The Bertz CT molecular complexity index is 308. The molecule has 0 saturated carbocycles. The average Bonchev–Trinajstić information content (AvgIpc) is 2.13. The molecule has 0 amide bonds. The number of nitrogen functional groups attached to an aromatic ring is 1. The highest BCUT2D eigenvalue weighted by atomic mass is 16.5. The quantitative estimate of drug-likeness (QED) is 0.771. The first-order chi connectivity index (χ1) is 6.99. The monoisotopic (exact) mass is 210 g/mol. The summed E-state index contributed by atoms with van der Waals surface area (Å²) in [5.74, 6) is 0.655. The smallest absolute Gasteiger partial charge is 0.145 e. The van der Waals surface area contributed by atoms with Gasteiger partial charge in [0.2, 0.25) is 0 Å². The van der Waals surface area contributed by atoms with E-state index in [9.17, 15) is 0 Å². The molecule has 0 radical (unpaired) electrons. The van der Waals surface area contributed by atoms with Gasteiger partial charge < -0.3 is 15.2 Å². The number of pyridine rings is 1. The largest absolute Gasteiger partial charge is 0.489 e. The van der Waals surface area contributed by atoms with Crippen LogP contribution in [0.5, 0.6) is 5.75 Å². The highest BCUT2D eigenvalue weighted by Crippen LogP contribution is 2.18. The van der Waals surface area contributed by atoms with Crippen molar-refractivity contribution in [1.82, 2.24) is 4.98 Å². The Labute approximate surface area is 90.4 Å². The summed E-state index contributed by atoms with van der Waals surface area (Å²) in [7, 11) is 0. The average molecular weight is 210 g/mol. The van der Waals surface area contributed by atoms with Crippen LogP contribution >= 0.6 is 0 Å². The maximum absolute atomic E-state index is 5.66. The Morgan fingerprint density at radius 2 is 2.07 bits per heavy atom. The second-order valence-electron chi connectivity index (χ2n) is 4.22. The normalized spacial score (nSPS) is 11.4. The third kappa shape index (κ3) is 4.65. The molecule has 1 rings (SSSR count). The molecular weight excluding hydrogens is 192 g/mol. The van der Waals surface area contributed by atoms with Crippen LogP contribution in [0.2, 0.25) is 0 Å². The summed E-state index contributed by atoms with van der Waals surface area (Å²) in [4.78, 5) is 3.88. The van der Waals surface area contributed by atoms with Gasteiger partial charge in [-0.1, -0.05) is 0 Å². The maximum Gasteiger partial charge on any atom is 0.145 e. The van der Waals surface area contributed by atoms with Crippen LogP contribution in [0, 0.1) is 0 Å². The number of nitrogens with zero attached hydrogens (tertiary/aromatic N) is 1. The lowest BCUT2D eigenvalue weighted by Gasteiger charge is -2.19. The van der Waals surface area contributed by atoms with Crippen LogP contribution in [0.25, 0.3) is 0 Å². The summed E-state index contributed by atoms with van der Waals surface area (Å²) >= 11 is 0. The summed E-state index contributed by atoms with van der Waals surface area (Å²) in [6.45, 7) is 7.06. The van der Waals surface area contributed by atoms with Crippen molar-refractivity contribution in [3.05, 3.63) is 18.5 Å². The van der Waals surface area contributed by atoms with Gasteiger partial charge in [0.05, 0.1) is 24.1 Å². The highest BCUT2D eigenvalue weighted by Gasteiger charge is 2.09. The molecule has 4 nitrogen and oxygen atoms in total. The van der Waals surface area contributed by atoms with Crippen molar-refractivity contribution in [2.24, 2.45) is 0 Å². The van der Waals surface area contributed by atoms with E-state index in [4.69, 9.17) is 15.2 Å². The second-order valence-corrected chi connectivity index (χ2v) is 4.22. The molecule has 0 fully saturated rings. The van der Waals surface area contributed by atoms with E-state index in [0.29, 0.717) is 24.7 Å². The third-order valence-electron chi connectivity index (χ3n) is 1.69. The van der Waals surface area contributed by atoms with Gasteiger partial charge in [0.15, 0.2) is 0 Å². The minimum absolute atomic E-state index is 0.132. The number of hydrogen-bond donors (Lipinski definition) is 1. The fourth-order valence-electron chi connectivity index (χ4n) is 1.02. The van der Waals surface area contributed by atoms with Gasteiger partial charge in [-0.15, -0.1) is 0 Å². The van der Waals surface area contributed by atoms with E-state index in [1.165, 1.54) is 0 Å². The zero-order valence-corrected chi connectivity index (χ0v) is 9.49. The van der Waals surface area contributed by atoms with Crippen LogP contribution in [0.4, 0.5) is 5.69 Å². The van der Waals surface area contributed by atoms with Crippen LogP contribution < -0.4 is 10.5 Å². The predicted molar refractivity (Wildman–Crippen MR) is 59.8 cm³/mol. The number of hydrogen-bond acceptors (Lipinski definition) is 4. The lowest BCUT2D eigenvalue weighted by molar-refractivity contribution is -0.0162. The summed E-state index contributed by atoms with van der Waals surface area (Å²) in [6.07, 6.45) is 3.22. The van der Waals surface area contributed by atoms with Crippen LogP contribution in [-0.2, 0) is 4.74 Å². The molecular formula is C11H18N2O2. The topological polar surface area (TPSA) is 57.4 Å². The maximum atomic E-state index is 5.66. The first kappa shape index (κ1) is 11.8. The molecule has 0 bridgehead atoms. The van der Waals surface area contributed by atoms with Gasteiger partial charge in [0.25, 0.3) is 0 Å². The minimum atomic E-state index is -0.132. The summed E-state index contributed by atoms with van der Waals surface area (Å²) in [6, 6.07) is 1.74. The number of aromatic nitrogens is 1. The van der Waals surface area contributed by atoms with E-state index in [1.54, 1.807) is 18.5 Å². The lowest BCUT2D eigenvalue weighted by atomic mass is 10.2. The molecule has 0 aromatic carbocycles. The zero-order chi connectivity index (χ0) is 11.3. The molecule has 15 heavy (non-hydrogen) atoms. The van der Waals surface area contributed by atoms with Gasteiger partial charge in [-0.25, -0.2) is 0 Å². The van der Waals surface area contributed by atoms with Gasteiger partial charge >= 0.3 is 0 Å². The summed E-state index contributed by atoms with van der Waals surface area (Å²) < 4.78 is 11.0. The molecule has 0 unspecified atom stereocenters. The van der Waals surface area contributed by atoms with Crippen LogP contribution in [0.15, 0.2) is 18.5 Å². The molecule has 0 aliphatic carbocycles. The predicted octanol–water partition coefficient (Wildman–Crippen LogP) is 1.86. The molecule has 4 heteroatoms. The van der Waals surface area contributed by atoms with Crippen molar-refractivity contribution >= 4 is 5.69 Å². The first-order valence-electron chi connectivity index (χ1n) is 4.95. The molecule has 0 aliphatic rings. The van der Waals surface area contributed by atoms with E-state index in [1.807, 2.05) is 20.8 Å². The SMILES string of the molecule is CC(C)(C)OCCOc1ccncc1N. The van der Waals surface area contributed by atoms with Crippen LogP contribution in [-0.4, -0.2) is 23.8 Å².